The van der Waals surface area contributed by atoms with E-state index in [-0.39, 0.29) is 0 Å². The first-order valence-corrected chi connectivity index (χ1v) is 9.87. The van der Waals surface area contributed by atoms with Gasteiger partial charge in [-0.05, 0) is 54.5 Å². The second kappa shape index (κ2) is 14.3. The Morgan fingerprint density at radius 2 is 1.41 bits per heavy atom. The van der Waals surface area contributed by atoms with Crippen molar-refractivity contribution in [2.75, 3.05) is 39.6 Å². The third-order valence-electron chi connectivity index (χ3n) is 3.79. The molecule has 0 saturated heterocycles. The fraction of sp³-hybridized carbons (Fsp3) is 0.565. The molecule has 0 amide bonds. The van der Waals surface area contributed by atoms with Gasteiger partial charge in [0.15, 0.2) is 0 Å². The van der Waals surface area contributed by atoms with E-state index in [9.17, 15) is 0 Å². The first-order valence-electron chi connectivity index (χ1n) is 9.87. The van der Waals surface area contributed by atoms with Crippen molar-refractivity contribution < 1.29 is 18.9 Å². The van der Waals surface area contributed by atoms with Crippen molar-refractivity contribution in [1.82, 2.24) is 0 Å². The SMILES string of the molecule is CCCOCCOCCO/C=C(\C)c1cccc(/C(C)=C/OCC(C)C)c1. The van der Waals surface area contributed by atoms with Crippen LogP contribution >= 0.6 is 0 Å². The van der Waals surface area contributed by atoms with Crippen molar-refractivity contribution >= 4 is 11.1 Å². The predicted octanol–water partition coefficient (Wildman–Crippen LogP) is 5.54. The third kappa shape index (κ3) is 10.8. The van der Waals surface area contributed by atoms with E-state index >= 15 is 0 Å². The molecule has 0 aromatic heterocycles. The highest BCUT2D eigenvalue weighted by atomic mass is 16.5. The van der Waals surface area contributed by atoms with E-state index < -0.39 is 0 Å². The van der Waals surface area contributed by atoms with Crippen LogP contribution in [-0.4, -0.2) is 39.6 Å². The fourth-order valence-electron chi connectivity index (χ4n) is 2.27. The number of rotatable bonds is 14. The van der Waals surface area contributed by atoms with Gasteiger partial charge in [-0.2, -0.15) is 0 Å². The molecule has 4 nitrogen and oxygen atoms in total. The molecule has 0 radical (unpaired) electrons. The highest BCUT2D eigenvalue weighted by Gasteiger charge is 2.02. The summed E-state index contributed by atoms with van der Waals surface area (Å²) >= 11 is 0. The van der Waals surface area contributed by atoms with E-state index in [4.69, 9.17) is 18.9 Å². The fourth-order valence-corrected chi connectivity index (χ4v) is 2.27. The summed E-state index contributed by atoms with van der Waals surface area (Å²) in [5.41, 5.74) is 4.49. The van der Waals surface area contributed by atoms with E-state index in [0.717, 1.165) is 41.9 Å². The summed E-state index contributed by atoms with van der Waals surface area (Å²) in [6.07, 6.45) is 4.68. The van der Waals surface area contributed by atoms with Crippen molar-refractivity contribution in [2.45, 2.75) is 41.0 Å². The molecule has 0 bridgehead atoms. The van der Waals surface area contributed by atoms with Gasteiger partial charge in [0.05, 0.1) is 39.0 Å². The Morgan fingerprint density at radius 1 is 0.852 bits per heavy atom. The maximum atomic E-state index is 5.62. The Labute approximate surface area is 165 Å². The first-order chi connectivity index (χ1) is 13.0. The molecule has 4 heteroatoms. The highest BCUT2D eigenvalue weighted by Crippen LogP contribution is 2.20. The molecule has 0 saturated carbocycles. The number of benzene rings is 1. The molecule has 1 aromatic carbocycles. The number of ether oxygens (including phenoxy) is 4. The summed E-state index contributed by atoms with van der Waals surface area (Å²) in [5, 5.41) is 0. The van der Waals surface area contributed by atoms with Gasteiger partial charge in [-0.25, -0.2) is 0 Å². The Hall–Kier alpha value is -1.78. The van der Waals surface area contributed by atoms with Crippen LogP contribution in [0.1, 0.15) is 52.2 Å². The molecule has 0 unspecified atom stereocenters. The molecular weight excluding hydrogens is 340 g/mol. The van der Waals surface area contributed by atoms with Crippen molar-refractivity contribution in [2.24, 2.45) is 5.92 Å². The van der Waals surface area contributed by atoms with Crippen LogP contribution in [0.2, 0.25) is 0 Å². The molecule has 1 rings (SSSR count). The molecule has 0 heterocycles. The lowest BCUT2D eigenvalue weighted by molar-refractivity contribution is 0.0309. The lowest BCUT2D eigenvalue weighted by atomic mass is 10.0. The number of hydrogen-bond donors (Lipinski definition) is 0. The Morgan fingerprint density at radius 3 is 2.00 bits per heavy atom. The van der Waals surface area contributed by atoms with Crippen LogP contribution in [0.3, 0.4) is 0 Å². The topological polar surface area (TPSA) is 36.9 Å². The molecule has 0 aliphatic heterocycles. The Bertz CT molecular complexity index is 575. The van der Waals surface area contributed by atoms with Crippen molar-refractivity contribution in [3.05, 3.63) is 47.9 Å². The summed E-state index contributed by atoms with van der Waals surface area (Å²) in [4.78, 5) is 0. The molecular formula is C23H36O4. The zero-order valence-corrected chi connectivity index (χ0v) is 17.6. The van der Waals surface area contributed by atoms with Crippen LogP contribution < -0.4 is 0 Å². The summed E-state index contributed by atoms with van der Waals surface area (Å²) < 4.78 is 22.1. The molecule has 0 N–H and O–H groups in total. The zero-order valence-electron chi connectivity index (χ0n) is 17.6. The minimum atomic E-state index is 0.524. The maximum absolute atomic E-state index is 5.62. The van der Waals surface area contributed by atoms with E-state index in [1.165, 1.54) is 0 Å². The average molecular weight is 377 g/mol. The van der Waals surface area contributed by atoms with Crippen LogP contribution in [0.5, 0.6) is 0 Å². The quantitative estimate of drug-likeness (QED) is 0.315. The van der Waals surface area contributed by atoms with Gasteiger partial charge in [0.25, 0.3) is 0 Å². The molecule has 0 fully saturated rings. The van der Waals surface area contributed by atoms with E-state index in [1.54, 1.807) is 6.26 Å². The minimum Gasteiger partial charge on any atom is -0.501 e. The highest BCUT2D eigenvalue weighted by molar-refractivity contribution is 5.70. The van der Waals surface area contributed by atoms with E-state index in [1.807, 2.05) is 13.2 Å². The van der Waals surface area contributed by atoms with Gasteiger partial charge in [-0.3, -0.25) is 0 Å². The Balaban J connectivity index is 2.41. The Kier molecular flexibility index (Phi) is 12.3. The summed E-state index contributed by atoms with van der Waals surface area (Å²) in [6.45, 7) is 14.4. The molecule has 27 heavy (non-hydrogen) atoms. The summed E-state index contributed by atoms with van der Waals surface area (Å²) in [7, 11) is 0. The van der Waals surface area contributed by atoms with Crippen LogP contribution in [-0.2, 0) is 18.9 Å². The smallest absolute Gasteiger partial charge is 0.111 e. The number of hydrogen-bond acceptors (Lipinski definition) is 4. The first kappa shape index (κ1) is 23.3. The summed E-state index contributed by atoms with van der Waals surface area (Å²) in [6, 6.07) is 8.39. The van der Waals surface area contributed by atoms with Gasteiger partial charge >= 0.3 is 0 Å². The second-order valence-corrected chi connectivity index (χ2v) is 7.01. The second-order valence-electron chi connectivity index (χ2n) is 7.01. The van der Waals surface area contributed by atoms with Crippen LogP contribution in [0.25, 0.3) is 11.1 Å². The van der Waals surface area contributed by atoms with Gasteiger partial charge in [-0.1, -0.05) is 39.0 Å². The maximum Gasteiger partial charge on any atom is 0.111 e. The molecule has 0 atom stereocenters. The lowest BCUT2D eigenvalue weighted by Gasteiger charge is -2.09. The van der Waals surface area contributed by atoms with Crippen LogP contribution in [0.15, 0.2) is 36.8 Å². The molecule has 0 aliphatic carbocycles. The van der Waals surface area contributed by atoms with Crippen molar-refractivity contribution in [3.8, 4) is 0 Å². The van der Waals surface area contributed by atoms with Gasteiger partial charge in [-0.15, -0.1) is 0 Å². The number of allylic oxidation sites excluding steroid dienone is 2. The van der Waals surface area contributed by atoms with E-state index in [0.29, 0.717) is 32.3 Å². The summed E-state index contributed by atoms with van der Waals surface area (Å²) in [5.74, 6) is 0.524. The molecule has 1 aromatic rings. The third-order valence-corrected chi connectivity index (χ3v) is 3.79. The minimum absolute atomic E-state index is 0.524. The van der Waals surface area contributed by atoms with Crippen LogP contribution in [0, 0.1) is 5.92 Å². The zero-order chi connectivity index (χ0) is 19.9. The van der Waals surface area contributed by atoms with Crippen molar-refractivity contribution in [1.29, 1.82) is 0 Å². The molecule has 152 valence electrons. The largest absolute Gasteiger partial charge is 0.501 e. The molecule has 0 spiro atoms. The predicted molar refractivity (Wildman–Crippen MR) is 112 cm³/mol. The van der Waals surface area contributed by atoms with E-state index in [2.05, 4.69) is 52.0 Å². The standard InChI is InChI=1S/C23H36O4/c1-6-10-24-11-12-25-13-14-26-17-20(4)22-8-7-9-23(15-22)21(5)18-27-16-19(2)3/h7-9,15,17-19H,6,10-14,16H2,1-5H3/b20-17+,21-18+. The van der Waals surface area contributed by atoms with Crippen molar-refractivity contribution in [3.63, 3.8) is 0 Å². The van der Waals surface area contributed by atoms with Crippen LogP contribution in [0.4, 0.5) is 0 Å². The van der Waals surface area contributed by atoms with Gasteiger partial charge < -0.3 is 18.9 Å². The normalized spacial score (nSPS) is 12.5. The van der Waals surface area contributed by atoms with Gasteiger partial charge in [0.1, 0.15) is 6.61 Å². The van der Waals surface area contributed by atoms with Gasteiger partial charge in [0, 0.05) is 6.61 Å². The average Bonchev–Trinajstić information content (AvgIpc) is 2.66. The lowest BCUT2D eigenvalue weighted by Crippen LogP contribution is -2.08. The van der Waals surface area contributed by atoms with Gasteiger partial charge in [0.2, 0.25) is 0 Å². The monoisotopic (exact) mass is 376 g/mol. The molecule has 0 aliphatic rings.